The van der Waals surface area contributed by atoms with E-state index in [1.165, 1.54) is 6.07 Å². The second-order valence-corrected chi connectivity index (χ2v) is 4.41. The predicted octanol–water partition coefficient (Wildman–Crippen LogP) is 1.96. The van der Waals surface area contributed by atoms with Crippen LogP contribution >= 0.6 is 11.6 Å². The van der Waals surface area contributed by atoms with Crippen LogP contribution in [-0.2, 0) is 4.79 Å². The molecule has 0 aliphatic carbocycles. The lowest BCUT2D eigenvalue weighted by atomic mass is 9.99. The van der Waals surface area contributed by atoms with Crippen LogP contribution in [0.25, 0.3) is 0 Å². The molecule has 6 heteroatoms. The van der Waals surface area contributed by atoms with Crippen LogP contribution in [0.4, 0.5) is 0 Å². The van der Waals surface area contributed by atoms with Gasteiger partial charge in [-0.05, 0) is 18.1 Å². The maximum absolute atomic E-state index is 11.8. The van der Waals surface area contributed by atoms with Gasteiger partial charge in [0.05, 0.1) is 0 Å². The van der Waals surface area contributed by atoms with Gasteiger partial charge >= 0.3 is 5.97 Å². The Kier molecular flexibility index (Phi) is 5.09. The molecule has 0 aliphatic rings. The molecular formula is C12H15ClN2O3. The first kappa shape index (κ1) is 14.4. The van der Waals surface area contributed by atoms with Crippen LogP contribution in [0.3, 0.4) is 0 Å². The summed E-state index contributed by atoms with van der Waals surface area (Å²) in [5.41, 5.74) is 0.108. The van der Waals surface area contributed by atoms with Gasteiger partial charge in [-0.15, -0.1) is 0 Å². The standard InChI is InChI=1S/C12H15ClN2O3/c1-3-7(2)10(12(17)18)15-11(16)8-5-4-6-9(13)14-8/h4-7,10H,3H2,1-2H3,(H,15,16)(H,17,18)/t7-,10-/m0/s1. The van der Waals surface area contributed by atoms with Gasteiger partial charge in [0.2, 0.25) is 0 Å². The topological polar surface area (TPSA) is 79.3 Å². The third kappa shape index (κ3) is 3.70. The molecule has 0 fully saturated rings. The Morgan fingerprint density at radius 3 is 2.67 bits per heavy atom. The normalized spacial score (nSPS) is 13.7. The van der Waals surface area contributed by atoms with E-state index in [1.807, 2.05) is 6.92 Å². The van der Waals surface area contributed by atoms with Crippen molar-refractivity contribution in [2.45, 2.75) is 26.3 Å². The number of pyridine rings is 1. The fourth-order valence-corrected chi connectivity index (χ4v) is 1.60. The lowest BCUT2D eigenvalue weighted by Gasteiger charge is -2.19. The van der Waals surface area contributed by atoms with Crippen LogP contribution < -0.4 is 5.32 Å². The zero-order chi connectivity index (χ0) is 13.7. The number of amides is 1. The monoisotopic (exact) mass is 270 g/mol. The number of hydrogen-bond acceptors (Lipinski definition) is 3. The molecule has 0 saturated heterocycles. The van der Waals surface area contributed by atoms with Crippen LogP contribution in [0.2, 0.25) is 5.15 Å². The van der Waals surface area contributed by atoms with Crippen molar-refractivity contribution in [3.8, 4) is 0 Å². The summed E-state index contributed by atoms with van der Waals surface area (Å²) in [6.07, 6.45) is 0.653. The van der Waals surface area contributed by atoms with Crippen molar-refractivity contribution in [2.75, 3.05) is 0 Å². The van der Waals surface area contributed by atoms with Gasteiger partial charge in [-0.25, -0.2) is 9.78 Å². The smallest absolute Gasteiger partial charge is 0.326 e. The molecule has 0 radical (unpaired) electrons. The Morgan fingerprint density at radius 2 is 2.17 bits per heavy atom. The second-order valence-electron chi connectivity index (χ2n) is 4.02. The predicted molar refractivity (Wildman–Crippen MR) is 67.6 cm³/mol. The molecule has 1 rings (SSSR count). The zero-order valence-corrected chi connectivity index (χ0v) is 10.9. The molecule has 0 saturated carbocycles. The molecule has 0 aromatic carbocycles. The highest BCUT2D eigenvalue weighted by molar-refractivity contribution is 6.29. The van der Waals surface area contributed by atoms with Gasteiger partial charge in [0, 0.05) is 0 Å². The number of aliphatic carboxylic acids is 1. The highest BCUT2D eigenvalue weighted by Gasteiger charge is 2.26. The number of carboxylic acids is 1. The maximum Gasteiger partial charge on any atom is 0.326 e. The second kappa shape index (κ2) is 6.35. The average molecular weight is 271 g/mol. The van der Waals surface area contributed by atoms with E-state index in [-0.39, 0.29) is 16.8 Å². The number of hydrogen-bond donors (Lipinski definition) is 2. The van der Waals surface area contributed by atoms with Gasteiger partial charge in [-0.2, -0.15) is 0 Å². The van der Waals surface area contributed by atoms with Crippen molar-refractivity contribution in [2.24, 2.45) is 5.92 Å². The van der Waals surface area contributed by atoms with Crippen molar-refractivity contribution in [3.63, 3.8) is 0 Å². The summed E-state index contributed by atoms with van der Waals surface area (Å²) in [6.45, 7) is 3.63. The summed E-state index contributed by atoms with van der Waals surface area (Å²) in [6, 6.07) is 3.69. The molecule has 98 valence electrons. The summed E-state index contributed by atoms with van der Waals surface area (Å²) < 4.78 is 0. The largest absolute Gasteiger partial charge is 0.480 e. The molecule has 1 heterocycles. The lowest BCUT2D eigenvalue weighted by molar-refractivity contribution is -0.140. The minimum atomic E-state index is -1.06. The van der Waals surface area contributed by atoms with E-state index in [0.717, 1.165) is 0 Å². The first-order valence-electron chi connectivity index (χ1n) is 5.62. The van der Waals surface area contributed by atoms with Crippen molar-refractivity contribution in [1.29, 1.82) is 0 Å². The van der Waals surface area contributed by atoms with Crippen LogP contribution in [0, 0.1) is 5.92 Å². The number of carboxylic acid groups (broad SMARTS) is 1. The summed E-state index contributed by atoms with van der Waals surface area (Å²) in [7, 11) is 0. The highest BCUT2D eigenvalue weighted by atomic mass is 35.5. The van der Waals surface area contributed by atoms with Gasteiger partial charge < -0.3 is 10.4 Å². The Hall–Kier alpha value is -1.62. The first-order chi connectivity index (χ1) is 8.45. The summed E-state index contributed by atoms with van der Waals surface area (Å²) in [5.74, 6) is -1.75. The Labute approximate surface area is 110 Å². The van der Waals surface area contributed by atoms with E-state index in [4.69, 9.17) is 16.7 Å². The molecular weight excluding hydrogens is 256 g/mol. The Bertz CT molecular complexity index is 451. The number of carbonyl (C=O) groups excluding carboxylic acids is 1. The molecule has 18 heavy (non-hydrogen) atoms. The molecule has 0 spiro atoms. The Morgan fingerprint density at radius 1 is 1.50 bits per heavy atom. The third-order valence-electron chi connectivity index (χ3n) is 2.71. The van der Waals surface area contributed by atoms with Crippen molar-refractivity contribution in [3.05, 3.63) is 29.0 Å². The van der Waals surface area contributed by atoms with Gasteiger partial charge in [0.15, 0.2) is 0 Å². The summed E-state index contributed by atoms with van der Waals surface area (Å²) in [5, 5.41) is 11.7. The minimum absolute atomic E-state index is 0.108. The minimum Gasteiger partial charge on any atom is -0.480 e. The molecule has 0 bridgehead atoms. The first-order valence-corrected chi connectivity index (χ1v) is 5.99. The van der Waals surface area contributed by atoms with E-state index in [2.05, 4.69) is 10.3 Å². The molecule has 0 aliphatic heterocycles. The van der Waals surface area contributed by atoms with E-state index >= 15 is 0 Å². The Balaban J connectivity index is 2.82. The van der Waals surface area contributed by atoms with E-state index < -0.39 is 17.9 Å². The van der Waals surface area contributed by atoms with Crippen LogP contribution in [-0.4, -0.2) is 28.0 Å². The van der Waals surface area contributed by atoms with E-state index in [1.54, 1.807) is 19.1 Å². The van der Waals surface area contributed by atoms with Crippen molar-refractivity contribution in [1.82, 2.24) is 10.3 Å². The molecule has 2 N–H and O–H groups in total. The molecule has 2 atom stereocenters. The quantitative estimate of drug-likeness (QED) is 0.802. The van der Waals surface area contributed by atoms with Crippen molar-refractivity contribution >= 4 is 23.5 Å². The average Bonchev–Trinajstić information content (AvgIpc) is 2.34. The van der Waals surface area contributed by atoms with Crippen LogP contribution in [0.5, 0.6) is 0 Å². The summed E-state index contributed by atoms with van der Waals surface area (Å²) in [4.78, 5) is 26.7. The molecule has 1 aromatic rings. The maximum atomic E-state index is 11.8. The fourth-order valence-electron chi connectivity index (χ4n) is 1.43. The number of nitrogens with one attached hydrogen (secondary N) is 1. The number of halogens is 1. The van der Waals surface area contributed by atoms with Gasteiger partial charge in [-0.1, -0.05) is 37.9 Å². The molecule has 1 amide bonds. The number of aromatic nitrogens is 1. The van der Waals surface area contributed by atoms with E-state index in [9.17, 15) is 9.59 Å². The molecule has 1 aromatic heterocycles. The van der Waals surface area contributed by atoms with Gasteiger partial charge in [0.1, 0.15) is 16.9 Å². The molecule has 0 unspecified atom stereocenters. The highest BCUT2D eigenvalue weighted by Crippen LogP contribution is 2.10. The van der Waals surface area contributed by atoms with Crippen molar-refractivity contribution < 1.29 is 14.7 Å². The third-order valence-corrected chi connectivity index (χ3v) is 2.92. The number of rotatable bonds is 5. The number of carbonyl (C=O) groups is 2. The van der Waals surface area contributed by atoms with E-state index in [0.29, 0.717) is 6.42 Å². The SMILES string of the molecule is CC[C@H](C)[C@H](NC(=O)c1cccc(Cl)n1)C(=O)O. The van der Waals surface area contributed by atoms with Gasteiger partial charge in [0.25, 0.3) is 5.91 Å². The lowest BCUT2D eigenvalue weighted by Crippen LogP contribution is -2.45. The van der Waals surface area contributed by atoms with Gasteiger partial charge in [-0.3, -0.25) is 4.79 Å². The van der Waals surface area contributed by atoms with Crippen LogP contribution in [0.15, 0.2) is 18.2 Å². The van der Waals surface area contributed by atoms with Crippen LogP contribution in [0.1, 0.15) is 30.8 Å². The number of nitrogens with zero attached hydrogens (tertiary/aromatic N) is 1. The fraction of sp³-hybridized carbons (Fsp3) is 0.417. The zero-order valence-electron chi connectivity index (χ0n) is 10.2. The summed E-state index contributed by atoms with van der Waals surface area (Å²) >= 11 is 5.67. The molecule has 5 nitrogen and oxygen atoms in total.